The summed E-state index contributed by atoms with van der Waals surface area (Å²) in [6.45, 7) is 1.70. The van der Waals surface area contributed by atoms with Gasteiger partial charge in [0.15, 0.2) is 0 Å². The van der Waals surface area contributed by atoms with Gasteiger partial charge in [0.1, 0.15) is 11.6 Å². The molecule has 1 atom stereocenters. The van der Waals surface area contributed by atoms with Crippen LogP contribution in [0.4, 0.5) is 23.0 Å². The van der Waals surface area contributed by atoms with Gasteiger partial charge in [0.05, 0.1) is 13.2 Å². The summed E-state index contributed by atoms with van der Waals surface area (Å²) < 4.78 is 0. The summed E-state index contributed by atoms with van der Waals surface area (Å²) in [5, 5.41) is 25.8. The van der Waals surface area contributed by atoms with Gasteiger partial charge in [0.2, 0.25) is 0 Å². The molecule has 1 aromatic carbocycles. The molecule has 2 aromatic heterocycles. The van der Waals surface area contributed by atoms with Crippen LogP contribution in [0.25, 0.3) is 0 Å². The minimum Gasteiger partial charge on any atom is -0.392 e. The maximum absolute atomic E-state index is 9.54. The van der Waals surface area contributed by atoms with Gasteiger partial charge in [0, 0.05) is 54.0 Å². The molecule has 0 radical (unpaired) electrons. The molecule has 3 aromatic rings. The van der Waals surface area contributed by atoms with Crippen LogP contribution in [-0.2, 0) is 13.2 Å². The van der Waals surface area contributed by atoms with Crippen LogP contribution in [0.3, 0.4) is 0 Å². The van der Waals surface area contributed by atoms with E-state index in [1.54, 1.807) is 12.4 Å². The summed E-state index contributed by atoms with van der Waals surface area (Å²) in [6.07, 6.45) is 4.48. The molecule has 0 spiro atoms. The van der Waals surface area contributed by atoms with Gasteiger partial charge in [-0.15, -0.1) is 0 Å². The third kappa shape index (κ3) is 4.47. The van der Waals surface area contributed by atoms with Gasteiger partial charge in [-0.3, -0.25) is 0 Å². The number of hydrogen-bond donors (Lipinski definition) is 4. The lowest BCUT2D eigenvalue weighted by molar-refractivity contribution is 0.281. The van der Waals surface area contributed by atoms with Gasteiger partial charge >= 0.3 is 0 Å². The van der Waals surface area contributed by atoms with Crippen molar-refractivity contribution in [3.05, 3.63) is 72.1 Å². The van der Waals surface area contributed by atoms with Gasteiger partial charge in [-0.05, 0) is 42.8 Å². The summed E-state index contributed by atoms with van der Waals surface area (Å²) in [7, 11) is 0. The first-order chi connectivity index (χ1) is 14.3. The standard InChI is InChI=1S/C22H25N5O2/c28-14-16-3-1-10-23-21(16)26-19-7-5-18(6-8-19)25-20-9-12-27(13-20)22-17(15-29)4-2-11-24-22/h1-8,10-11,20,25,28-29H,9,12-15H2,(H,23,26). The number of nitrogens with zero attached hydrogens (tertiary/aromatic N) is 3. The predicted molar refractivity (Wildman–Crippen MR) is 114 cm³/mol. The largest absolute Gasteiger partial charge is 0.392 e. The summed E-state index contributed by atoms with van der Waals surface area (Å²) in [4.78, 5) is 10.9. The fourth-order valence-electron chi connectivity index (χ4n) is 3.61. The normalized spacial score (nSPS) is 16.1. The lowest BCUT2D eigenvalue weighted by Crippen LogP contribution is -2.27. The molecule has 4 rings (SSSR count). The van der Waals surface area contributed by atoms with Crippen LogP contribution in [0.2, 0.25) is 0 Å². The van der Waals surface area contributed by atoms with Crippen molar-refractivity contribution in [1.29, 1.82) is 0 Å². The van der Waals surface area contributed by atoms with Crippen molar-refractivity contribution in [3.8, 4) is 0 Å². The molecule has 29 heavy (non-hydrogen) atoms. The fourth-order valence-corrected chi connectivity index (χ4v) is 3.61. The second kappa shape index (κ2) is 8.89. The molecular formula is C22H25N5O2. The molecule has 1 unspecified atom stereocenters. The molecule has 0 saturated carbocycles. The van der Waals surface area contributed by atoms with Gasteiger partial charge in [0.25, 0.3) is 0 Å². The zero-order valence-corrected chi connectivity index (χ0v) is 16.1. The molecule has 7 nitrogen and oxygen atoms in total. The Morgan fingerprint density at radius 1 is 0.897 bits per heavy atom. The van der Waals surface area contributed by atoms with Gasteiger partial charge in [-0.1, -0.05) is 12.1 Å². The number of rotatable bonds is 7. The maximum Gasteiger partial charge on any atom is 0.135 e. The number of pyridine rings is 2. The lowest BCUT2D eigenvalue weighted by Gasteiger charge is -2.20. The van der Waals surface area contributed by atoms with Crippen molar-refractivity contribution in [2.75, 3.05) is 28.6 Å². The average molecular weight is 391 g/mol. The molecule has 1 aliphatic rings. The van der Waals surface area contributed by atoms with E-state index in [-0.39, 0.29) is 13.2 Å². The quantitative estimate of drug-likeness (QED) is 0.492. The van der Waals surface area contributed by atoms with Crippen LogP contribution in [-0.4, -0.2) is 39.3 Å². The minimum atomic E-state index is -0.0533. The van der Waals surface area contributed by atoms with E-state index in [2.05, 4.69) is 25.5 Å². The molecule has 1 aliphatic heterocycles. The molecular weight excluding hydrogens is 366 g/mol. The molecule has 0 aliphatic carbocycles. The van der Waals surface area contributed by atoms with E-state index in [9.17, 15) is 10.2 Å². The lowest BCUT2D eigenvalue weighted by atomic mass is 10.2. The number of anilines is 4. The Hall–Kier alpha value is -3.16. The van der Waals surface area contributed by atoms with Crippen molar-refractivity contribution in [2.45, 2.75) is 25.7 Å². The van der Waals surface area contributed by atoms with E-state index in [4.69, 9.17) is 0 Å². The number of aliphatic hydroxyl groups excluding tert-OH is 2. The number of nitrogens with one attached hydrogen (secondary N) is 2. The van der Waals surface area contributed by atoms with Crippen LogP contribution in [0, 0.1) is 0 Å². The molecule has 1 saturated heterocycles. The second-order valence-corrected chi connectivity index (χ2v) is 7.09. The highest BCUT2D eigenvalue weighted by Gasteiger charge is 2.24. The van der Waals surface area contributed by atoms with Crippen molar-refractivity contribution in [2.24, 2.45) is 0 Å². The van der Waals surface area contributed by atoms with E-state index in [0.29, 0.717) is 11.9 Å². The Labute approximate surface area is 170 Å². The topological polar surface area (TPSA) is 93.5 Å². The van der Waals surface area contributed by atoms with Gasteiger partial charge < -0.3 is 25.7 Å². The van der Waals surface area contributed by atoms with Crippen LogP contribution in [0.1, 0.15) is 17.5 Å². The van der Waals surface area contributed by atoms with Crippen LogP contribution >= 0.6 is 0 Å². The highest BCUT2D eigenvalue weighted by atomic mass is 16.3. The monoisotopic (exact) mass is 391 g/mol. The Balaban J connectivity index is 1.37. The summed E-state index contributed by atoms with van der Waals surface area (Å²) >= 11 is 0. The number of aliphatic hydroxyl groups is 2. The first-order valence-corrected chi connectivity index (χ1v) is 9.75. The first kappa shape index (κ1) is 19.2. The van der Waals surface area contributed by atoms with Crippen molar-refractivity contribution in [3.63, 3.8) is 0 Å². The third-order valence-corrected chi connectivity index (χ3v) is 5.11. The molecule has 4 N–H and O–H groups in total. The zero-order valence-electron chi connectivity index (χ0n) is 16.1. The Bertz CT molecular complexity index is 948. The van der Waals surface area contributed by atoms with Crippen molar-refractivity contribution in [1.82, 2.24) is 9.97 Å². The van der Waals surface area contributed by atoms with Crippen molar-refractivity contribution >= 4 is 23.0 Å². The number of aromatic nitrogens is 2. The fraction of sp³-hybridized carbons (Fsp3) is 0.273. The first-order valence-electron chi connectivity index (χ1n) is 9.75. The maximum atomic E-state index is 9.54. The predicted octanol–water partition coefficient (Wildman–Crippen LogP) is 2.90. The SMILES string of the molecule is OCc1cccnc1Nc1ccc(NC2CCN(c3ncccc3CO)C2)cc1. The Morgan fingerprint density at radius 3 is 2.34 bits per heavy atom. The number of hydrogen-bond acceptors (Lipinski definition) is 7. The smallest absolute Gasteiger partial charge is 0.135 e. The average Bonchev–Trinajstić information content (AvgIpc) is 3.23. The van der Waals surface area contributed by atoms with Crippen LogP contribution in [0.15, 0.2) is 60.9 Å². The zero-order chi connectivity index (χ0) is 20.1. The summed E-state index contributed by atoms with van der Waals surface area (Å²) in [5.74, 6) is 1.53. The summed E-state index contributed by atoms with van der Waals surface area (Å²) in [6, 6.07) is 15.8. The molecule has 7 heteroatoms. The van der Waals surface area contributed by atoms with Gasteiger partial charge in [-0.25, -0.2) is 9.97 Å². The Morgan fingerprint density at radius 2 is 1.59 bits per heavy atom. The molecule has 3 heterocycles. The second-order valence-electron chi connectivity index (χ2n) is 7.09. The molecule has 1 fully saturated rings. The van der Waals surface area contributed by atoms with Crippen LogP contribution in [0.5, 0.6) is 0 Å². The van der Waals surface area contributed by atoms with Crippen molar-refractivity contribution < 1.29 is 10.2 Å². The van der Waals surface area contributed by atoms with Crippen LogP contribution < -0.4 is 15.5 Å². The van der Waals surface area contributed by atoms with Gasteiger partial charge in [-0.2, -0.15) is 0 Å². The van der Waals surface area contributed by atoms with E-state index in [1.807, 2.05) is 48.5 Å². The molecule has 150 valence electrons. The number of benzene rings is 1. The molecule has 0 bridgehead atoms. The molecule has 0 amide bonds. The minimum absolute atomic E-state index is 0.000494. The highest BCUT2D eigenvalue weighted by Crippen LogP contribution is 2.25. The highest BCUT2D eigenvalue weighted by molar-refractivity contribution is 5.62. The van der Waals surface area contributed by atoms with E-state index in [1.165, 1.54) is 0 Å². The summed E-state index contributed by atoms with van der Waals surface area (Å²) in [5.41, 5.74) is 3.59. The van der Waals surface area contributed by atoms with E-state index >= 15 is 0 Å². The van der Waals surface area contributed by atoms with E-state index < -0.39 is 0 Å². The third-order valence-electron chi connectivity index (χ3n) is 5.11. The Kier molecular flexibility index (Phi) is 5.88. The van der Waals surface area contributed by atoms with E-state index in [0.717, 1.165) is 47.8 Å².